The SMILES string of the molecule is COc1ccc(CC(=O)Nc2cc(C)[nH]n2)cc1. The molecule has 1 aromatic carbocycles. The minimum absolute atomic E-state index is 0.0910. The van der Waals surface area contributed by atoms with E-state index in [4.69, 9.17) is 4.74 Å². The largest absolute Gasteiger partial charge is 0.497 e. The quantitative estimate of drug-likeness (QED) is 0.864. The monoisotopic (exact) mass is 245 g/mol. The van der Waals surface area contributed by atoms with Gasteiger partial charge in [-0.1, -0.05) is 12.1 Å². The summed E-state index contributed by atoms with van der Waals surface area (Å²) in [5, 5.41) is 9.45. The van der Waals surface area contributed by atoms with Crippen LogP contribution in [0.25, 0.3) is 0 Å². The van der Waals surface area contributed by atoms with Crippen LogP contribution >= 0.6 is 0 Å². The summed E-state index contributed by atoms with van der Waals surface area (Å²) in [5.41, 5.74) is 1.84. The van der Waals surface area contributed by atoms with Gasteiger partial charge in [0.1, 0.15) is 5.75 Å². The Balaban J connectivity index is 1.94. The second kappa shape index (κ2) is 5.35. The number of carbonyl (C=O) groups is 1. The lowest BCUT2D eigenvalue weighted by molar-refractivity contribution is -0.115. The van der Waals surface area contributed by atoms with Crippen LogP contribution in [-0.2, 0) is 11.2 Å². The molecule has 1 amide bonds. The summed E-state index contributed by atoms with van der Waals surface area (Å²) in [5.74, 6) is 1.24. The van der Waals surface area contributed by atoms with E-state index < -0.39 is 0 Å². The maximum Gasteiger partial charge on any atom is 0.229 e. The van der Waals surface area contributed by atoms with E-state index in [1.165, 1.54) is 0 Å². The Bertz CT molecular complexity index is 531. The first-order chi connectivity index (χ1) is 8.67. The molecular formula is C13H15N3O2. The van der Waals surface area contributed by atoms with Crippen molar-refractivity contribution in [3.8, 4) is 5.75 Å². The molecule has 2 N–H and O–H groups in total. The molecule has 0 aliphatic carbocycles. The first kappa shape index (κ1) is 12.2. The smallest absolute Gasteiger partial charge is 0.229 e. The number of rotatable bonds is 4. The normalized spacial score (nSPS) is 10.1. The van der Waals surface area contributed by atoms with Crippen molar-refractivity contribution in [2.45, 2.75) is 13.3 Å². The predicted molar refractivity (Wildman–Crippen MR) is 68.7 cm³/mol. The van der Waals surface area contributed by atoms with Crippen LogP contribution in [0.5, 0.6) is 5.75 Å². The second-order valence-electron chi connectivity index (χ2n) is 4.01. The van der Waals surface area contributed by atoms with Gasteiger partial charge in [0, 0.05) is 11.8 Å². The Morgan fingerprint density at radius 1 is 1.39 bits per heavy atom. The molecule has 0 saturated carbocycles. The van der Waals surface area contributed by atoms with Crippen molar-refractivity contribution in [3.05, 3.63) is 41.6 Å². The van der Waals surface area contributed by atoms with Crippen molar-refractivity contribution in [1.82, 2.24) is 10.2 Å². The number of benzene rings is 1. The van der Waals surface area contributed by atoms with Crippen LogP contribution in [0.3, 0.4) is 0 Å². The molecule has 0 saturated heterocycles. The van der Waals surface area contributed by atoms with Gasteiger partial charge in [0.05, 0.1) is 13.5 Å². The lowest BCUT2D eigenvalue weighted by Gasteiger charge is -2.03. The lowest BCUT2D eigenvalue weighted by atomic mass is 10.1. The van der Waals surface area contributed by atoms with Crippen molar-refractivity contribution < 1.29 is 9.53 Å². The molecule has 0 aliphatic rings. The van der Waals surface area contributed by atoms with Gasteiger partial charge in [-0.05, 0) is 24.6 Å². The van der Waals surface area contributed by atoms with E-state index >= 15 is 0 Å². The number of hydrogen-bond acceptors (Lipinski definition) is 3. The molecule has 2 rings (SSSR count). The van der Waals surface area contributed by atoms with Crippen LogP contribution in [0.4, 0.5) is 5.82 Å². The number of anilines is 1. The van der Waals surface area contributed by atoms with Crippen LogP contribution in [0.15, 0.2) is 30.3 Å². The highest BCUT2D eigenvalue weighted by atomic mass is 16.5. The third-order valence-corrected chi connectivity index (χ3v) is 2.50. The van der Waals surface area contributed by atoms with Crippen LogP contribution in [0.1, 0.15) is 11.3 Å². The first-order valence-corrected chi connectivity index (χ1v) is 5.62. The summed E-state index contributed by atoms with van der Waals surface area (Å²) in [6.07, 6.45) is 0.315. The summed E-state index contributed by atoms with van der Waals surface area (Å²) in [7, 11) is 1.61. The average molecular weight is 245 g/mol. The van der Waals surface area contributed by atoms with Gasteiger partial charge in [-0.25, -0.2) is 0 Å². The number of aryl methyl sites for hydroxylation is 1. The second-order valence-corrected chi connectivity index (χ2v) is 4.01. The van der Waals surface area contributed by atoms with Crippen molar-refractivity contribution >= 4 is 11.7 Å². The molecule has 1 heterocycles. The third kappa shape index (κ3) is 3.10. The molecular weight excluding hydrogens is 230 g/mol. The summed E-state index contributed by atoms with van der Waals surface area (Å²) < 4.78 is 5.06. The molecule has 5 heteroatoms. The average Bonchev–Trinajstić information content (AvgIpc) is 2.75. The van der Waals surface area contributed by atoms with Gasteiger partial charge in [0.2, 0.25) is 5.91 Å². The van der Waals surface area contributed by atoms with Gasteiger partial charge in [-0.2, -0.15) is 5.10 Å². The molecule has 1 aromatic heterocycles. The van der Waals surface area contributed by atoms with Gasteiger partial charge in [-0.3, -0.25) is 9.89 Å². The molecule has 0 radical (unpaired) electrons. The van der Waals surface area contributed by atoms with E-state index in [9.17, 15) is 4.79 Å². The van der Waals surface area contributed by atoms with Crippen molar-refractivity contribution in [1.29, 1.82) is 0 Å². The van der Waals surface area contributed by atoms with Gasteiger partial charge in [-0.15, -0.1) is 0 Å². The zero-order chi connectivity index (χ0) is 13.0. The maximum atomic E-state index is 11.7. The number of nitrogens with one attached hydrogen (secondary N) is 2. The molecule has 2 aromatic rings. The number of ether oxygens (including phenoxy) is 1. The molecule has 0 atom stereocenters. The number of carbonyl (C=O) groups excluding carboxylic acids is 1. The highest BCUT2D eigenvalue weighted by Crippen LogP contribution is 2.12. The minimum Gasteiger partial charge on any atom is -0.497 e. The molecule has 0 bridgehead atoms. The predicted octanol–water partition coefficient (Wildman–Crippen LogP) is 1.91. The molecule has 0 aliphatic heterocycles. The van der Waals surface area contributed by atoms with E-state index in [0.29, 0.717) is 12.2 Å². The maximum absolute atomic E-state index is 11.7. The van der Waals surface area contributed by atoms with Crippen LogP contribution in [-0.4, -0.2) is 23.2 Å². The zero-order valence-corrected chi connectivity index (χ0v) is 10.4. The highest BCUT2D eigenvalue weighted by Gasteiger charge is 2.06. The minimum atomic E-state index is -0.0910. The molecule has 0 fully saturated rings. The number of H-pyrrole nitrogens is 1. The van der Waals surface area contributed by atoms with Gasteiger partial charge in [0.25, 0.3) is 0 Å². The molecule has 5 nitrogen and oxygen atoms in total. The van der Waals surface area contributed by atoms with Crippen molar-refractivity contribution in [2.75, 3.05) is 12.4 Å². The third-order valence-electron chi connectivity index (χ3n) is 2.50. The highest BCUT2D eigenvalue weighted by molar-refractivity contribution is 5.91. The fraction of sp³-hybridized carbons (Fsp3) is 0.231. The van der Waals surface area contributed by atoms with E-state index in [1.807, 2.05) is 31.2 Å². The zero-order valence-electron chi connectivity index (χ0n) is 10.4. The van der Waals surface area contributed by atoms with Gasteiger partial charge < -0.3 is 10.1 Å². The molecule has 94 valence electrons. The van der Waals surface area contributed by atoms with Gasteiger partial charge in [0.15, 0.2) is 5.82 Å². The summed E-state index contributed by atoms with van der Waals surface area (Å²) >= 11 is 0. The number of hydrogen-bond donors (Lipinski definition) is 2. The summed E-state index contributed by atoms with van der Waals surface area (Å²) in [4.78, 5) is 11.7. The molecule has 0 unspecified atom stereocenters. The first-order valence-electron chi connectivity index (χ1n) is 5.62. The fourth-order valence-corrected chi connectivity index (χ4v) is 1.60. The number of aromatic amines is 1. The summed E-state index contributed by atoms with van der Waals surface area (Å²) in [6, 6.07) is 9.19. The van der Waals surface area contributed by atoms with Gasteiger partial charge >= 0.3 is 0 Å². The summed E-state index contributed by atoms with van der Waals surface area (Å²) in [6.45, 7) is 1.88. The topological polar surface area (TPSA) is 67.0 Å². The Labute approximate surface area is 105 Å². The molecule has 0 spiro atoms. The Hall–Kier alpha value is -2.30. The van der Waals surface area contributed by atoms with Crippen molar-refractivity contribution in [3.63, 3.8) is 0 Å². The van der Waals surface area contributed by atoms with Crippen LogP contribution < -0.4 is 10.1 Å². The standard InChI is InChI=1S/C13H15N3O2/c1-9-7-12(16-15-9)14-13(17)8-10-3-5-11(18-2)6-4-10/h3-7H,8H2,1-2H3,(H2,14,15,16,17). The van der Waals surface area contributed by atoms with Crippen LogP contribution in [0, 0.1) is 6.92 Å². The Morgan fingerprint density at radius 2 is 2.11 bits per heavy atom. The number of amides is 1. The molecule has 18 heavy (non-hydrogen) atoms. The fourth-order valence-electron chi connectivity index (χ4n) is 1.60. The van der Waals surface area contributed by atoms with E-state index in [1.54, 1.807) is 13.2 Å². The number of methoxy groups -OCH3 is 1. The number of nitrogens with zero attached hydrogens (tertiary/aromatic N) is 1. The van der Waals surface area contributed by atoms with E-state index in [2.05, 4.69) is 15.5 Å². The van der Waals surface area contributed by atoms with Crippen LogP contribution in [0.2, 0.25) is 0 Å². The lowest BCUT2D eigenvalue weighted by Crippen LogP contribution is -2.14. The van der Waals surface area contributed by atoms with Crippen molar-refractivity contribution in [2.24, 2.45) is 0 Å². The van der Waals surface area contributed by atoms with E-state index in [-0.39, 0.29) is 5.91 Å². The Kier molecular flexibility index (Phi) is 3.62. The number of aromatic nitrogens is 2. The Morgan fingerprint density at radius 3 is 2.67 bits per heavy atom. The van der Waals surface area contributed by atoms with E-state index in [0.717, 1.165) is 17.0 Å².